The summed E-state index contributed by atoms with van der Waals surface area (Å²) in [6.07, 6.45) is 0.904. The van der Waals surface area contributed by atoms with Crippen LogP contribution in [0.3, 0.4) is 0 Å². The van der Waals surface area contributed by atoms with Gasteiger partial charge in [-0.3, -0.25) is 4.90 Å². The van der Waals surface area contributed by atoms with Gasteiger partial charge in [0, 0.05) is 26.5 Å². The molecule has 4 nitrogen and oxygen atoms in total. The smallest absolute Gasteiger partial charge is 0.169 e. The summed E-state index contributed by atoms with van der Waals surface area (Å²) >= 11 is 0. The minimum absolute atomic E-state index is 0.155. The van der Waals surface area contributed by atoms with E-state index in [1.807, 2.05) is 0 Å². The largest absolute Gasteiger partial charge is 0.372 e. The second-order valence-electron chi connectivity index (χ2n) is 4.22. The van der Waals surface area contributed by atoms with Gasteiger partial charge in [-0.2, -0.15) is 0 Å². The Kier molecular flexibility index (Phi) is 4.36. The molecule has 1 N–H and O–H groups in total. The Hall–Kier alpha value is -1.10. The number of benzene rings is 1. The number of nitrogens with zero attached hydrogens (tertiary/aromatic N) is 1. The van der Waals surface area contributed by atoms with E-state index in [-0.39, 0.29) is 6.29 Å². The van der Waals surface area contributed by atoms with Gasteiger partial charge >= 0.3 is 0 Å². The van der Waals surface area contributed by atoms with E-state index in [1.54, 1.807) is 14.2 Å². The summed E-state index contributed by atoms with van der Waals surface area (Å²) in [5, 5.41) is 3.44. The molecule has 2 rings (SSSR count). The van der Waals surface area contributed by atoms with Crippen LogP contribution in [0.4, 0.5) is 5.69 Å². The molecule has 17 heavy (non-hydrogen) atoms. The van der Waals surface area contributed by atoms with E-state index in [2.05, 4.69) is 34.5 Å². The van der Waals surface area contributed by atoms with E-state index in [4.69, 9.17) is 9.47 Å². The van der Waals surface area contributed by atoms with Crippen LogP contribution in [-0.2, 0) is 15.9 Å². The fourth-order valence-corrected chi connectivity index (χ4v) is 2.08. The van der Waals surface area contributed by atoms with Crippen LogP contribution in [0.2, 0.25) is 0 Å². The minimum Gasteiger partial charge on any atom is -0.372 e. The molecule has 0 atom stereocenters. The van der Waals surface area contributed by atoms with Gasteiger partial charge in [0.2, 0.25) is 0 Å². The zero-order valence-corrected chi connectivity index (χ0v) is 10.5. The van der Waals surface area contributed by atoms with Crippen molar-refractivity contribution in [3.8, 4) is 0 Å². The van der Waals surface area contributed by atoms with Crippen molar-refractivity contribution in [2.45, 2.75) is 12.7 Å². The van der Waals surface area contributed by atoms with Gasteiger partial charge in [0.1, 0.15) is 0 Å². The third kappa shape index (κ3) is 3.19. The first-order valence-electron chi connectivity index (χ1n) is 5.93. The monoisotopic (exact) mass is 236 g/mol. The van der Waals surface area contributed by atoms with E-state index < -0.39 is 0 Å². The van der Waals surface area contributed by atoms with Gasteiger partial charge in [-0.25, -0.2) is 0 Å². The SMILES string of the molecule is COC(CN1CCc2ccccc2NC1)OC. The molecule has 94 valence electrons. The second kappa shape index (κ2) is 6.00. The van der Waals surface area contributed by atoms with Crippen LogP contribution in [0.25, 0.3) is 0 Å². The van der Waals surface area contributed by atoms with Gasteiger partial charge in [-0.05, 0) is 18.1 Å². The lowest BCUT2D eigenvalue weighted by Gasteiger charge is -2.24. The molecule has 0 bridgehead atoms. The Balaban J connectivity index is 1.95. The summed E-state index contributed by atoms with van der Waals surface area (Å²) < 4.78 is 10.5. The van der Waals surface area contributed by atoms with Crippen LogP contribution >= 0.6 is 0 Å². The molecule has 1 aliphatic rings. The van der Waals surface area contributed by atoms with E-state index in [0.717, 1.165) is 26.2 Å². The first-order chi connectivity index (χ1) is 8.33. The van der Waals surface area contributed by atoms with Crippen LogP contribution in [0.5, 0.6) is 0 Å². The van der Waals surface area contributed by atoms with Gasteiger partial charge < -0.3 is 14.8 Å². The Morgan fingerprint density at radius 1 is 1.29 bits per heavy atom. The van der Waals surface area contributed by atoms with E-state index >= 15 is 0 Å². The number of anilines is 1. The molecular formula is C13H20N2O2. The van der Waals surface area contributed by atoms with Gasteiger partial charge in [-0.15, -0.1) is 0 Å². The first kappa shape index (κ1) is 12.4. The number of para-hydroxylation sites is 1. The highest BCUT2D eigenvalue weighted by Crippen LogP contribution is 2.18. The van der Waals surface area contributed by atoms with Crippen molar-refractivity contribution in [3.63, 3.8) is 0 Å². The van der Waals surface area contributed by atoms with Crippen LogP contribution in [0.1, 0.15) is 5.56 Å². The molecule has 0 saturated carbocycles. The van der Waals surface area contributed by atoms with Crippen molar-refractivity contribution in [2.75, 3.05) is 39.3 Å². The Bertz CT molecular complexity index is 326. The summed E-state index contributed by atoms with van der Waals surface area (Å²) in [4.78, 5) is 2.30. The summed E-state index contributed by atoms with van der Waals surface area (Å²) in [6, 6.07) is 8.46. The summed E-state index contributed by atoms with van der Waals surface area (Å²) in [5.41, 5.74) is 2.61. The number of fused-ring (bicyclic) bond motifs is 1. The van der Waals surface area contributed by atoms with Crippen molar-refractivity contribution >= 4 is 5.69 Å². The summed E-state index contributed by atoms with van der Waals surface area (Å²) in [5.74, 6) is 0. The summed E-state index contributed by atoms with van der Waals surface area (Å²) in [7, 11) is 3.35. The standard InChI is InChI=1S/C13H20N2O2/c1-16-13(17-2)9-15-8-7-11-5-3-4-6-12(11)14-10-15/h3-6,13-14H,7-10H2,1-2H3. The lowest BCUT2D eigenvalue weighted by molar-refractivity contribution is -0.115. The van der Waals surface area contributed by atoms with E-state index in [1.165, 1.54) is 11.3 Å². The lowest BCUT2D eigenvalue weighted by Crippen LogP contribution is -2.37. The Morgan fingerprint density at radius 3 is 2.82 bits per heavy atom. The van der Waals surface area contributed by atoms with Crippen LogP contribution < -0.4 is 5.32 Å². The average Bonchev–Trinajstić information content (AvgIpc) is 2.58. The summed E-state index contributed by atoms with van der Waals surface area (Å²) in [6.45, 7) is 2.64. The molecule has 0 radical (unpaired) electrons. The number of nitrogens with one attached hydrogen (secondary N) is 1. The number of ether oxygens (including phenoxy) is 2. The molecular weight excluding hydrogens is 216 g/mol. The quantitative estimate of drug-likeness (QED) is 0.804. The maximum Gasteiger partial charge on any atom is 0.169 e. The molecule has 1 heterocycles. The zero-order chi connectivity index (χ0) is 12.1. The third-order valence-corrected chi connectivity index (χ3v) is 3.14. The van der Waals surface area contributed by atoms with Gasteiger partial charge in [0.15, 0.2) is 6.29 Å². The molecule has 1 aliphatic heterocycles. The Labute approximate surface area is 103 Å². The number of hydrogen-bond acceptors (Lipinski definition) is 4. The second-order valence-corrected chi connectivity index (χ2v) is 4.22. The first-order valence-corrected chi connectivity index (χ1v) is 5.93. The topological polar surface area (TPSA) is 33.7 Å². The van der Waals surface area contributed by atoms with Crippen LogP contribution in [0.15, 0.2) is 24.3 Å². The molecule has 0 fully saturated rings. The minimum atomic E-state index is -0.155. The van der Waals surface area contributed by atoms with E-state index in [9.17, 15) is 0 Å². The van der Waals surface area contributed by atoms with Gasteiger partial charge in [0.05, 0.1) is 13.2 Å². The normalized spacial score (nSPS) is 16.4. The predicted octanol–water partition coefficient (Wildman–Crippen LogP) is 1.53. The molecule has 0 unspecified atom stereocenters. The zero-order valence-electron chi connectivity index (χ0n) is 10.5. The van der Waals surface area contributed by atoms with Crippen LogP contribution in [-0.4, -0.2) is 45.2 Å². The highest BCUT2D eigenvalue weighted by molar-refractivity contribution is 5.51. The third-order valence-electron chi connectivity index (χ3n) is 3.14. The molecule has 0 spiro atoms. The maximum atomic E-state index is 5.23. The number of rotatable bonds is 4. The highest BCUT2D eigenvalue weighted by atomic mass is 16.7. The van der Waals surface area contributed by atoms with Crippen molar-refractivity contribution in [1.29, 1.82) is 0 Å². The highest BCUT2D eigenvalue weighted by Gasteiger charge is 2.16. The number of methoxy groups -OCH3 is 2. The average molecular weight is 236 g/mol. The van der Waals surface area contributed by atoms with Crippen molar-refractivity contribution in [3.05, 3.63) is 29.8 Å². The van der Waals surface area contributed by atoms with Gasteiger partial charge in [0.25, 0.3) is 0 Å². The molecule has 1 aromatic rings. The van der Waals surface area contributed by atoms with Crippen LogP contribution in [0, 0.1) is 0 Å². The van der Waals surface area contributed by atoms with Crippen molar-refractivity contribution < 1.29 is 9.47 Å². The molecule has 0 saturated heterocycles. The lowest BCUT2D eigenvalue weighted by atomic mass is 10.1. The Morgan fingerprint density at radius 2 is 2.06 bits per heavy atom. The molecule has 0 aromatic heterocycles. The molecule has 0 amide bonds. The van der Waals surface area contributed by atoms with E-state index in [0.29, 0.717) is 0 Å². The maximum absolute atomic E-state index is 5.23. The van der Waals surface area contributed by atoms with Crippen molar-refractivity contribution in [1.82, 2.24) is 4.90 Å². The molecule has 0 aliphatic carbocycles. The molecule has 4 heteroatoms. The van der Waals surface area contributed by atoms with Crippen molar-refractivity contribution in [2.24, 2.45) is 0 Å². The van der Waals surface area contributed by atoms with Gasteiger partial charge in [-0.1, -0.05) is 18.2 Å². The molecule has 1 aromatic carbocycles. The number of hydrogen-bond donors (Lipinski definition) is 1. The predicted molar refractivity (Wildman–Crippen MR) is 68.0 cm³/mol. The fourth-order valence-electron chi connectivity index (χ4n) is 2.08. The fraction of sp³-hybridized carbons (Fsp3) is 0.538.